The minimum Gasteiger partial charge on any atom is -0.494 e. The van der Waals surface area contributed by atoms with E-state index in [0.717, 1.165) is 12.2 Å². The number of nitro benzene ring substituents is 1. The Balaban J connectivity index is 1.85. The molecule has 1 amide bonds. The van der Waals surface area contributed by atoms with Crippen molar-refractivity contribution in [2.45, 2.75) is 20.3 Å². The molecule has 2 rings (SSSR count). The fourth-order valence-corrected chi connectivity index (χ4v) is 2.27. The molecule has 8 heteroatoms. The zero-order valence-corrected chi connectivity index (χ0v) is 15.9. The number of hydrogen-bond donors (Lipinski definition) is 1. The van der Waals surface area contributed by atoms with E-state index in [1.165, 1.54) is 18.2 Å². The quantitative estimate of drug-likeness (QED) is 0.493. The van der Waals surface area contributed by atoms with Gasteiger partial charge in [0, 0.05) is 12.1 Å². The third-order valence-corrected chi connectivity index (χ3v) is 3.92. The van der Waals surface area contributed by atoms with Crippen LogP contribution in [0, 0.1) is 16.0 Å². The number of nitrogens with one attached hydrogen (secondary N) is 1. The van der Waals surface area contributed by atoms with Gasteiger partial charge in [-0.2, -0.15) is 0 Å². The van der Waals surface area contributed by atoms with Crippen LogP contribution in [0.2, 0.25) is 5.02 Å². The zero-order valence-electron chi connectivity index (χ0n) is 15.1. The highest BCUT2D eigenvalue weighted by Gasteiger charge is 2.12. The van der Waals surface area contributed by atoms with Crippen LogP contribution in [-0.4, -0.2) is 24.0 Å². The van der Waals surface area contributed by atoms with Gasteiger partial charge in [0.1, 0.15) is 11.5 Å². The summed E-state index contributed by atoms with van der Waals surface area (Å²) in [6.07, 6.45) is 0.971. The van der Waals surface area contributed by atoms with E-state index in [-0.39, 0.29) is 23.0 Å². The van der Waals surface area contributed by atoms with Crippen LogP contribution in [0.15, 0.2) is 42.5 Å². The first-order chi connectivity index (χ1) is 12.8. The standard InChI is InChI=1S/C19H21ClN2O5/c1-13(2)9-10-26-15-4-6-16(7-5-15)27-12-19(23)21-18-11-14(22(24)25)3-8-17(18)20/h3-8,11,13H,9-10,12H2,1-2H3,(H,21,23). The number of halogens is 1. The summed E-state index contributed by atoms with van der Waals surface area (Å²) in [6.45, 7) is 4.65. The lowest BCUT2D eigenvalue weighted by Gasteiger charge is -2.10. The Morgan fingerprint density at radius 2 is 1.78 bits per heavy atom. The molecule has 0 fully saturated rings. The van der Waals surface area contributed by atoms with Gasteiger partial charge in [-0.05, 0) is 42.7 Å². The second-order valence-electron chi connectivity index (χ2n) is 6.26. The summed E-state index contributed by atoms with van der Waals surface area (Å²) in [6, 6.07) is 10.8. The van der Waals surface area contributed by atoms with Gasteiger partial charge in [0.05, 0.1) is 22.2 Å². The summed E-state index contributed by atoms with van der Waals surface area (Å²) in [5.41, 5.74) is -0.00274. The molecule has 27 heavy (non-hydrogen) atoms. The molecule has 7 nitrogen and oxygen atoms in total. The third-order valence-electron chi connectivity index (χ3n) is 3.59. The van der Waals surface area contributed by atoms with Crippen molar-refractivity contribution < 1.29 is 19.2 Å². The summed E-state index contributed by atoms with van der Waals surface area (Å²) in [4.78, 5) is 22.2. The summed E-state index contributed by atoms with van der Waals surface area (Å²) >= 11 is 5.95. The second-order valence-corrected chi connectivity index (χ2v) is 6.67. The van der Waals surface area contributed by atoms with Gasteiger partial charge in [-0.3, -0.25) is 14.9 Å². The molecule has 0 atom stereocenters. The minimum atomic E-state index is -0.562. The smallest absolute Gasteiger partial charge is 0.271 e. The number of carbonyl (C=O) groups excluding carboxylic acids is 1. The Bertz CT molecular complexity index is 793. The monoisotopic (exact) mass is 392 g/mol. The number of hydrogen-bond acceptors (Lipinski definition) is 5. The summed E-state index contributed by atoms with van der Waals surface area (Å²) in [7, 11) is 0. The molecule has 0 saturated heterocycles. The maximum atomic E-state index is 12.0. The van der Waals surface area contributed by atoms with Crippen molar-refractivity contribution in [3.8, 4) is 11.5 Å². The van der Waals surface area contributed by atoms with E-state index in [2.05, 4.69) is 19.2 Å². The predicted molar refractivity (Wildman–Crippen MR) is 104 cm³/mol. The molecule has 0 unspecified atom stereocenters. The molecule has 2 aromatic rings. The highest BCUT2D eigenvalue weighted by Crippen LogP contribution is 2.26. The van der Waals surface area contributed by atoms with Crippen molar-refractivity contribution in [2.75, 3.05) is 18.5 Å². The Morgan fingerprint density at radius 3 is 2.37 bits per heavy atom. The maximum absolute atomic E-state index is 12.0. The van der Waals surface area contributed by atoms with Crippen LogP contribution in [0.25, 0.3) is 0 Å². The number of benzene rings is 2. The van der Waals surface area contributed by atoms with Crippen LogP contribution < -0.4 is 14.8 Å². The number of anilines is 1. The third kappa shape index (κ3) is 6.79. The van der Waals surface area contributed by atoms with Gasteiger partial charge in [0.2, 0.25) is 0 Å². The molecule has 2 aromatic carbocycles. The predicted octanol–water partition coefficient (Wildman–Crippen LogP) is 4.69. The molecule has 144 valence electrons. The van der Waals surface area contributed by atoms with E-state index < -0.39 is 10.8 Å². The number of amides is 1. The highest BCUT2D eigenvalue weighted by atomic mass is 35.5. The molecule has 0 aliphatic heterocycles. The number of non-ortho nitro benzene ring substituents is 1. The molecular formula is C19H21ClN2O5. The van der Waals surface area contributed by atoms with Gasteiger partial charge in [0.25, 0.3) is 11.6 Å². The van der Waals surface area contributed by atoms with Crippen LogP contribution in [-0.2, 0) is 4.79 Å². The Morgan fingerprint density at radius 1 is 1.15 bits per heavy atom. The molecule has 0 bridgehead atoms. The first kappa shape index (κ1) is 20.5. The van der Waals surface area contributed by atoms with Crippen molar-refractivity contribution in [3.63, 3.8) is 0 Å². The van der Waals surface area contributed by atoms with Gasteiger partial charge in [0.15, 0.2) is 6.61 Å². The number of nitrogens with zero attached hydrogens (tertiary/aromatic N) is 1. The van der Waals surface area contributed by atoms with E-state index in [4.69, 9.17) is 21.1 Å². The Labute approximate surface area is 162 Å². The van der Waals surface area contributed by atoms with Gasteiger partial charge in [-0.1, -0.05) is 25.4 Å². The summed E-state index contributed by atoms with van der Waals surface area (Å²) in [5, 5.41) is 13.5. The van der Waals surface area contributed by atoms with Crippen LogP contribution in [0.1, 0.15) is 20.3 Å². The van der Waals surface area contributed by atoms with E-state index >= 15 is 0 Å². The first-order valence-electron chi connectivity index (χ1n) is 8.44. The summed E-state index contributed by atoms with van der Waals surface area (Å²) in [5.74, 6) is 1.34. The van der Waals surface area contributed by atoms with E-state index in [0.29, 0.717) is 18.3 Å². The topological polar surface area (TPSA) is 90.7 Å². The van der Waals surface area contributed by atoms with Gasteiger partial charge in [-0.15, -0.1) is 0 Å². The van der Waals surface area contributed by atoms with Crippen molar-refractivity contribution in [3.05, 3.63) is 57.6 Å². The normalized spacial score (nSPS) is 10.5. The van der Waals surface area contributed by atoms with Gasteiger partial charge < -0.3 is 14.8 Å². The molecule has 1 N–H and O–H groups in total. The highest BCUT2D eigenvalue weighted by molar-refractivity contribution is 6.33. The minimum absolute atomic E-state index is 0.161. The van der Waals surface area contributed by atoms with Crippen LogP contribution >= 0.6 is 11.6 Å². The molecular weight excluding hydrogens is 372 g/mol. The first-order valence-corrected chi connectivity index (χ1v) is 8.82. The number of ether oxygens (including phenoxy) is 2. The molecule has 0 aromatic heterocycles. The fraction of sp³-hybridized carbons (Fsp3) is 0.316. The lowest BCUT2D eigenvalue weighted by atomic mass is 10.1. The Kier molecular flexibility index (Phi) is 7.43. The van der Waals surface area contributed by atoms with Crippen molar-refractivity contribution in [1.29, 1.82) is 0 Å². The van der Waals surface area contributed by atoms with Crippen LogP contribution in [0.3, 0.4) is 0 Å². The molecule has 0 aliphatic carbocycles. The van der Waals surface area contributed by atoms with Crippen molar-refractivity contribution >= 4 is 28.9 Å². The van der Waals surface area contributed by atoms with Crippen molar-refractivity contribution in [1.82, 2.24) is 0 Å². The van der Waals surface area contributed by atoms with E-state index in [1.807, 2.05) is 0 Å². The Hall–Kier alpha value is -2.80. The average Bonchev–Trinajstić information content (AvgIpc) is 2.62. The zero-order chi connectivity index (χ0) is 19.8. The molecule has 0 saturated carbocycles. The number of rotatable bonds is 9. The summed E-state index contributed by atoms with van der Waals surface area (Å²) < 4.78 is 11.0. The van der Waals surface area contributed by atoms with Crippen LogP contribution in [0.5, 0.6) is 11.5 Å². The fourth-order valence-electron chi connectivity index (χ4n) is 2.10. The van der Waals surface area contributed by atoms with Crippen molar-refractivity contribution in [2.24, 2.45) is 5.92 Å². The van der Waals surface area contributed by atoms with Crippen LogP contribution in [0.4, 0.5) is 11.4 Å². The van der Waals surface area contributed by atoms with Gasteiger partial charge in [-0.25, -0.2) is 0 Å². The molecule has 0 spiro atoms. The SMILES string of the molecule is CC(C)CCOc1ccc(OCC(=O)Nc2cc([N+](=O)[O-])ccc2Cl)cc1. The van der Waals surface area contributed by atoms with Gasteiger partial charge >= 0.3 is 0 Å². The number of carbonyl (C=O) groups is 1. The maximum Gasteiger partial charge on any atom is 0.271 e. The van der Waals surface area contributed by atoms with E-state index in [9.17, 15) is 14.9 Å². The molecule has 0 aliphatic rings. The second kappa shape index (κ2) is 9.78. The lowest BCUT2D eigenvalue weighted by molar-refractivity contribution is -0.384. The average molecular weight is 393 g/mol. The number of nitro groups is 1. The largest absolute Gasteiger partial charge is 0.494 e. The molecule has 0 heterocycles. The molecule has 0 radical (unpaired) electrons. The van der Waals surface area contributed by atoms with E-state index in [1.54, 1.807) is 24.3 Å². The lowest BCUT2D eigenvalue weighted by Crippen LogP contribution is -2.20.